The molecule has 25 heavy (non-hydrogen) atoms. The number of hydrogen-bond acceptors (Lipinski definition) is 3. The fourth-order valence-electron chi connectivity index (χ4n) is 3.56. The largest absolute Gasteiger partial charge is 0.351 e. The molecule has 1 unspecified atom stereocenters. The maximum atomic E-state index is 12.2. The molecule has 2 heterocycles. The third kappa shape index (κ3) is 6.45. The van der Waals surface area contributed by atoms with E-state index in [9.17, 15) is 4.79 Å². The lowest BCUT2D eigenvalue weighted by Gasteiger charge is -2.30. The summed E-state index contributed by atoms with van der Waals surface area (Å²) >= 11 is 0. The van der Waals surface area contributed by atoms with E-state index in [1.165, 1.54) is 37.1 Å². The van der Waals surface area contributed by atoms with Gasteiger partial charge in [-0.2, -0.15) is 0 Å². The minimum absolute atomic E-state index is 0. The van der Waals surface area contributed by atoms with Crippen LogP contribution in [0.4, 0.5) is 0 Å². The van der Waals surface area contributed by atoms with Crippen molar-refractivity contribution in [3.8, 4) is 0 Å². The number of nitrogens with zero attached hydrogens (tertiary/aromatic N) is 1. The van der Waals surface area contributed by atoms with Gasteiger partial charge in [-0.15, -0.1) is 24.8 Å². The first-order valence-corrected chi connectivity index (χ1v) is 9.02. The molecule has 0 saturated carbocycles. The molecule has 3 rings (SSSR count). The molecule has 2 aliphatic heterocycles. The maximum Gasteiger partial charge on any atom is 0.237 e. The van der Waals surface area contributed by atoms with Crippen LogP contribution in [0.5, 0.6) is 0 Å². The van der Waals surface area contributed by atoms with Gasteiger partial charge in [0.2, 0.25) is 5.91 Å². The SMILES string of the molecule is CC1CCN(Cc2ccccc2CNC(=O)C2CCCN2)CC1.Cl.Cl. The molecule has 4 nitrogen and oxygen atoms in total. The predicted molar refractivity (Wildman–Crippen MR) is 107 cm³/mol. The molecule has 142 valence electrons. The first-order chi connectivity index (χ1) is 11.2. The van der Waals surface area contributed by atoms with E-state index in [1.54, 1.807) is 0 Å². The topological polar surface area (TPSA) is 44.4 Å². The molecule has 2 fully saturated rings. The van der Waals surface area contributed by atoms with E-state index in [4.69, 9.17) is 0 Å². The van der Waals surface area contributed by atoms with Crippen LogP contribution in [-0.4, -0.2) is 36.5 Å². The maximum absolute atomic E-state index is 12.2. The van der Waals surface area contributed by atoms with Crippen molar-refractivity contribution >= 4 is 30.7 Å². The molecule has 1 aromatic rings. The number of piperidine rings is 1. The van der Waals surface area contributed by atoms with Gasteiger partial charge in [0.25, 0.3) is 0 Å². The minimum atomic E-state index is 0. The Kier molecular flexibility index (Phi) is 9.80. The highest BCUT2D eigenvalue weighted by Crippen LogP contribution is 2.19. The fourth-order valence-corrected chi connectivity index (χ4v) is 3.56. The van der Waals surface area contributed by atoms with E-state index in [-0.39, 0.29) is 36.8 Å². The predicted octanol–water partition coefficient (Wildman–Crippen LogP) is 3.13. The van der Waals surface area contributed by atoms with Gasteiger partial charge >= 0.3 is 0 Å². The molecular formula is C19H31Cl2N3O. The van der Waals surface area contributed by atoms with Gasteiger partial charge in [0.15, 0.2) is 0 Å². The number of rotatable bonds is 5. The van der Waals surface area contributed by atoms with Crippen LogP contribution in [0.1, 0.15) is 43.7 Å². The van der Waals surface area contributed by atoms with E-state index in [2.05, 4.69) is 46.7 Å². The normalized spacial score (nSPS) is 21.2. The standard InChI is InChI=1S/C19H29N3O.2ClH/c1-15-8-11-22(12-9-15)14-17-6-3-2-5-16(17)13-21-19(23)18-7-4-10-20-18;;/h2-3,5-6,15,18,20H,4,7-14H2,1H3,(H,21,23);2*1H. The summed E-state index contributed by atoms with van der Waals surface area (Å²) in [6, 6.07) is 8.52. The molecule has 6 heteroatoms. The van der Waals surface area contributed by atoms with Crippen LogP contribution in [0.25, 0.3) is 0 Å². The molecule has 0 spiro atoms. The van der Waals surface area contributed by atoms with Crippen molar-refractivity contribution < 1.29 is 4.79 Å². The summed E-state index contributed by atoms with van der Waals surface area (Å²) in [4.78, 5) is 14.7. The molecule has 0 bridgehead atoms. The highest BCUT2D eigenvalue weighted by atomic mass is 35.5. The van der Waals surface area contributed by atoms with Crippen LogP contribution in [-0.2, 0) is 17.9 Å². The number of hydrogen-bond donors (Lipinski definition) is 2. The van der Waals surface area contributed by atoms with Crippen LogP contribution in [0.2, 0.25) is 0 Å². The first-order valence-electron chi connectivity index (χ1n) is 9.02. The van der Waals surface area contributed by atoms with E-state index in [0.29, 0.717) is 6.54 Å². The number of nitrogens with one attached hydrogen (secondary N) is 2. The number of benzene rings is 1. The Balaban J connectivity index is 0.00000156. The molecule has 2 aliphatic rings. The van der Waals surface area contributed by atoms with Crippen LogP contribution in [0.3, 0.4) is 0 Å². The number of amides is 1. The molecule has 2 N–H and O–H groups in total. The van der Waals surface area contributed by atoms with Crippen molar-refractivity contribution in [3.05, 3.63) is 35.4 Å². The summed E-state index contributed by atoms with van der Waals surface area (Å²) in [6.07, 6.45) is 4.65. The average Bonchev–Trinajstić information content (AvgIpc) is 3.10. The quantitative estimate of drug-likeness (QED) is 0.815. The van der Waals surface area contributed by atoms with Crippen molar-refractivity contribution in [3.63, 3.8) is 0 Å². The van der Waals surface area contributed by atoms with Crippen molar-refractivity contribution in [2.75, 3.05) is 19.6 Å². The van der Waals surface area contributed by atoms with Gasteiger partial charge in [-0.3, -0.25) is 9.69 Å². The molecule has 1 aromatic carbocycles. The van der Waals surface area contributed by atoms with E-state index < -0.39 is 0 Å². The Morgan fingerprint density at radius 2 is 1.84 bits per heavy atom. The summed E-state index contributed by atoms with van der Waals surface area (Å²) in [5, 5.41) is 6.36. The van der Waals surface area contributed by atoms with Gasteiger partial charge in [-0.1, -0.05) is 31.2 Å². The van der Waals surface area contributed by atoms with Gasteiger partial charge in [-0.05, 0) is 62.4 Å². The zero-order valence-electron chi connectivity index (χ0n) is 15.0. The number of carbonyl (C=O) groups excluding carboxylic acids is 1. The monoisotopic (exact) mass is 387 g/mol. The van der Waals surface area contributed by atoms with Crippen LogP contribution in [0.15, 0.2) is 24.3 Å². The van der Waals surface area contributed by atoms with E-state index in [1.807, 2.05) is 0 Å². The summed E-state index contributed by atoms with van der Waals surface area (Å²) in [6.45, 7) is 7.32. The molecule has 0 aliphatic carbocycles. The second kappa shape index (κ2) is 11.0. The van der Waals surface area contributed by atoms with Crippen molar-refractivity contribution in [1.82, 2.24) is 15.5 Å². The first kappa shape index (κ1) is 22.2. The zero-order chi connectivity index (χ0) is 16.1. The summed E-state index contributed by atoms with van der Waals surface area (Å²) in [5.74, 6) is 1.00. The van der Waals surface area contributed by atoms with Crippen LogP contribution >= 0.6 is 24.8 Å². The lowest BCUT2D eigenvalue weighted by atomic mass is 9.98. The van der Waals surface area contributed by atoms with Crippen molar-refractivity contribution in [2.45, 2.75) is 51.7 Å². The lowest BCUT2D eigenvalue weighted by Crippen LogP contribution is -2.40. The Labute approximate surface area is 163 Å². The molecule has 2 saturated heterocycles. The summed E-state index contributed by atoms with van der Waals surface area (Å²) < 4.78 is 0. The van der Waals surface area contributed by atoms with Crippen LogP contribution < -0.4 is 10.6 Å². The molecule has 1 amide bonds. The minimum Gasteiger partial charge on any atom is -0.351 e. The number of halogens is 2. The molecule has 0 radical (unpaired) electrons. The summed E-state index contributed by atoms with van der Waals surface area (Å²) in [7, 11) is 0. The van der Waals surface area contributed by atoms with E-state index >= 15 is 0 Å². The Morgan fingerprint density at radius 1 is 1.16 bits per heavy atom. The Morgan fingerprint density at radius 3 is 2.48 bits per heavy atom. The van der Waals surface area contributed by atoms with Crippen molar-refractivity contribution in [1.29, 1.82) is 0 Å². The third-order valence-corrected chi connectivity index (χ3v) is 5.22. The van der Waals surface area contributed by atoms with Gasteiger partial charge in [-0.25, -0.2) is 0 Å². The van der Waals surface area contributed by atoms with E-state index in [0.717, 1.165) is 31.8 Å². The van der Waals surface area contributed by atoms with Gasteiger partial charge in [0.05, 0.1) is 6.04 Å². The van der Waals surface area contributed by atoms with Crippen molar-refractivity contribution in [2.24, 2.45) is 5.92 Å². The third-order valence-electron chi connectivity index (χ3n) is 5.22. The number of likely N-dealkylation sites (tertiary alicyclic amines) is 1. The highest BCUT2D eigenvalue weighted by Gasteiger charge is 2.22. The smallest absolute Gasteiger partial charge is 0.237 e. The van der Waals surface area contributed by atoms with Gasteiger partial charge in [0.1, 0.15) is 0 Å². The number of carbonyl (C=O) groups is 1. The highest BCUT2D eigenvalue weighted by molar-refractivity contribution is 5.85. The fraction of sp³-hybridized carbons (Fsp3) is 0.632. The summed E-state index contributed by atoms with van der Waals surface area (Å²) in [5.41, 5.74) is 2.60. The second-order valence-electron chi connectivity index (χ2n) is 7.09. The Bertz CT molecular complexity index is 527. The Hall–Kier alpha value is -0.810. The second-order valence-corrected chi connectivity index (χ2v) is 7.09. The van der Waals surface area contributed by atoms with Gasteiger partial charge < -0.3 is 10.6 Å². The lowest BCUT2D eigenvalue weighted by molar-refractivity contribution is -0.122. The zero-order valence-corrected chi connectivity index (χ0v) is 16.6. The van der Waals surface area contributed by atoms with Gasteiger partial charge in [0, 0.05) is 13.1 Å². The average molecular weight is 388 g/mol. The van der Waals surface area contributed by atoms with Crippen LogP contribution in [0, 0.1) is 5.92 Å². The molecule has 1 atom stereocenters. The molecular weight excluding hydrogens is 357 g/mol. The molecule has 0 aromatic heterocycles.